The number of rotatable bonds is 5. The fraction of sp³-hybridized carbons (Fsp3) is 0.467. The highest BCUT2D eigenvalue weighted by molar-refractivity contribution is 5.97. The van der Waals surface area contributed by atoms with Crippen LogP contribution in [0.15, 0.2) is 24.3 Å². The molecule has 0 spiro atoms. The quantitative estimate of drug-likeness (QED) is 0.839. The Hall–Kier alpha value is -1.92. The van der Waals surface area contributed by atoms with E-state index in [4.69, 9.17) is 9.84 Å². The lowest BCUT2D eigenvalue weighted by Crippen LogP contribution is -2.46. The van der Waals surface area contributed by atoms with Crippen LogP contribution in [0, 0.1) is 6.92 Å². The molecule has 0 aliphatic carbocycles. The van der Waals surface area contributed by atoms with Crippen molar-refractivity contribution in [1.29, 1.82) is 0 Å². The van der Waals surface area contributed by atoms with Gasteiger partial charge in [-0.25, -0.2) is 0 Å². The Labute approximate surface area is 123 Å². The van der Waals surface area contributed by atoms with Crippen LogP contribution in [-0.2, 0) is 14.3 Å². The van der Waals surface area contributed by atoms with Gasteiger partial charge in [0.05, 0.1) is 13.2 Å². The van der Waals surface area contributed by atoms with E-state index in [2.05, 4.69) is 5.32 Å². The van der Waals surface area contributed by atoms with Gasteiger partial charge in [0, 0.05) is 24.7 Å². The number of amides is 1. The molecule has 1 heterocycles. The highest BCUT2D eigenvalue weighted by Gasteiger charge is 2.23. The normalized spacial score (nSPS) is 18.2. The van der Waals surface area contributed by atoms with E-state index >= 15 is 0 Å². The van der Waals surface area contributed by atoms with Crippen molar-refractivity contribution in [2.75, 3.05) is 31.2 Å². The van der Waals surface area contributed by atoms with Crippen LogP contribution in [0.4, 0.5) is 5.69 Å². The second-order valence-corrected chi connectivity index (χ2v) is 5.14. The summed E-state index contributed by atoms with van der Waals surface area (Å²) in [6.07, 6.45) is 0.223. The minimum absolute atomic E-state index is 0.0620. The Morgan fingerprint density at radius 3 is 2.67 bits per heavy atom. The maximum Gasteiger partial charge on any atom is 0.323 e. The molecule has 2 N–H and O–H groups in total. The Kier molecular flexibility index (Phi) is 5.30. The molecule has 1 unspecified atom stereocenters. The summed E-state index contributed by atoms with van der Waals surface area (Å²) >= 11 is 0. The fourth-order valence-electron chi connectivity index (χ4n) is 2.26. The summed E-state index contributed by atoms with van der Waals surface area (Å²) in [6, 6.07) is 7.19. The smallest absolute Gasteiger partial charge is 0.323 e. The average molecular weight is 292 g/mol. The molecular weight excluding hydrogens is 272 g/mol. The topological polar surface area (TPSA) is 78.9 Å². The third-order valence-corrected chi connectivity index (χ3v) is 3.36. The molecule has 1 aromatic rings. The van der Waals surface area contributed by atoms with Crippen LogP contribution in [-0.4, -0.2) is 49.3 Å². The van der Waals surface area contributed by atoms with Crippen LogP contribution in [0.1, 0.15) is 12.0 Å². The van der Waals surface area contributed by atoms with Gasteiger partial charge >= 0.3 is 5.97 Å². The molecule has 0 radical (unpaired) electrons. The van der Waals surface area contributed by atoms with Crippen molar-refractivity contribution >= 4 is 17.6 Å². The molecule has 6 heteroatoms. The highest BCUT2D eigenvalue weighted by Crippen LogP contribution is 2.17. The van der Waals surface area contributed by atoms with Crippen LogP contribution < -0.4 is 10.2 Å². The van der Waals surface area contributed by atoms with Crippen molar-refractivity contribution in [2.45, 2.75) is 19.4 Å². The first kappa shape index (κ1) is 15.5. The standard InChI is InChI=1S/C15H20N2O4/c1-11-2-4-13(5-3-11)17(9-15(19)20)14(18)8-12-10-21-7-6-16-12/h2-5,12,16H,6-10H2,1H3,(H,19,20). The largest absolute Gasteiger partial charge is 0.480 e. The zero-order valence-electron chi connectivity index (χ0n) is 12.0. The van der Waals surface area contributed by atoms with E-state index in [1.165, 1.54) is 4.90 Å². The lowest BCUT2D eigenvalue weighted by Gasteiger charge is -2.27. The summed E-state index contributed by atoms with van der Waals surface area (Å²) in [5, 5.41) is 12.2. The van der Waals surface area contributed by atoms with Gasteiger partial charge in [0.2, 0.25) is 5.91 Å². The van der Waals surface area contributed by atoms with Gasteiger partial charge in [-0.05, 0) is 19.1 Å². The van der Waals surface area contributed by atoms with Crippen LogP contribution >= 0.6 is 0 Å². The molecule has 0 bridgehead atoms. The molecule has 0 saturated carbocycles. The molecule has 0 aromatic heterocycles. The third kappa shape index (κ3) is 4.54. The van der Waals surface area contributed by atoms with Crippen molar-refractivity contribution < 1.29 is 19.4 Å². The van der Waals surface area contributed by atoms with Crippen molar-refractivity contribution in [1.82, 2.24) is 5.32 Å². The number of hydrogen-bond acceptors (Lipinski definition) is 4. The Balaban J connectivity index is 2.08. The number of nitrogens with zero attached hydrogens (tertiary/aromatic N) is 1. The van der Waals surface area contributed by atoms with E-state index in [9.17, 15) is 9.59 Å². The average Bonchev–Trinajstić information content (AvgIpc) is 2.46. The van der Waals surface area contributed by atoms with Gasteiger partial charge in [0.25, 0.3) is 0 Å². The SMILES string of the molecule is Cc1ccc(N(CC(=O)O)C(=O)CC2COCCN2)cc1. The van der Waals surface area contributed by atoms with E-state index < -0.39 is 5.97 Å². The van der Waals surface area contributed by atoms with Crippen molar-refractivity contribution in [3.8, 4) is 0 Å². The van der Waals surface area contributed by atoms with Crippen molar-refractivity contribution in [3.63, 3.8) is 0 Å². The van der Waals surface area contributed by atoms with Gasteiger partial charge in [-0.15, -0.1) is 0 Å². The molecule has 1 saturated heterocycles. The summed E-state index contributed by atoms with van der Waals surface area (Å²) in [6.45, 7) is 3.43. The first-order valence-electron chi connectivity index (χ1n) is 6.96. The number of carboxylic acid groups (broad SMARTS) is 1. The molecule has 114 valence electrons. The summed E-state index contributed by atoms with van der Waals surface area (Å²) in [7, 11) is 0. The molecule has 1 amide bonds. The van der Waals surface area contributed by atoms with Crippen molar-refractivity contribution in [2.24, 2.45) is 0 Å². The molecule has 1 aliphatic heterocycles. The molecule has 1 aromatic carbocycles. The van der Waals surface area contributed by atoms with Gasteiger partial charge < -0.3 is 20.1 Å². The van der Waals surface area contributed by atoms with Crippen LogP contribution in [0.2, 0.25) is 0 Å². The number of aliphatic carboxylic acids is 1. The lowest BCUT2D eigenvalue weighted by molar-refractivity contribution is -0.136. The molecule has 1 fully saturated rings. The number of carbonyl (C=O) groups excluding carboxylic acids is 1. The summed E-state index contributed by atoms with van der Waals surface area (Å²) in [5.41, 5.74) is 1.66. The zero-order chi connectivity index (χ0) is 15.2. The minimum atomic E-state index is -1.03. The number of carboxylic acids is 1. The zero-order valence-corrected chi connectivity index (χ0v) is 12.0. The number of anilines is 1. The van der Waals surface area contributed by atoms with E-state index in [1.54, 1.807) is 12.1 Å². The third-order valence-electron chi connectivity index (χ3n) is 3.36. The van der Waals surface area contributed by atoms with Crippen LogP contribution in [0.3, 0.4) is 0 Å². The number of hydrogen-bond donors (Lipinski definition) is 2. The van der Waals surface area contributed by atoms with Crippen LogP contribution in [0.5, 0.6) is 0 Å². The highest BCUT2D eigenvalue weighted by atomic mass is 16.5. The number of morpholine rings is 1. The Bertz CT molecular complexity index is 495. The molecule has 1 atom stereocenters. The maximum atomic E-state index is 12.4. The molecule has 6 nitrogen and oxygen atoms in total. The molecule has 1 aliphatic rings. The molecule has 2 rings (SSSR count). The van der Waals surface area contributed by atoms with E-state index in [-0.39, 0.29) is 24.9 Å². The van der Waals surface area contributed by atoms with Gasteiger partial charge in [-0.1, -0.05) is 17.7 Å². The molecular formula is C15H20N2O4. The van der Waals surface area contributed by atoms with Gasteiger partial charge in [-0.2, -0.15) is 0 Å². The summed E-state index contributed by atoms with van der Waals surface area (Å²) < 4.78 is 5.32. The monoisotopic (exact) mass is 292 g/mol. The van der Waals surface area contributed by atoms with Crippen molar-refractivity contribution in [3.05, 3.63) is 29.8 Å². The fourth-order valence-corrected chi connectivity index (χ4v) is 2.26. The van der Waals surface area contributed by atoms with E-state index in [0.717, 1.165) is 5.56 Å². The predicted octanol–water partition coefficient (Wildman–Crippen LogP) is 0.791. The summed E-state index contributed by atoms with van der Waals surface area (Å²) in [5.74, 6) is -1.25. The summed E-state index contributed by atoms with van der Waals surface area (Å²) in [4.78, 5) is 24.7. The number of aryl methyl sites for hydroxylation is 1. The predicted molar refractivity (Wildman–Crippen MR) is 78.4 cm³/mol. The number of benzene rings is 1. The number of nitrogens with one attached hydrogen (secondary N) is 1. The second kappa shape index (κ2) is 7.19. The lowest BCUT2D eigenvalue weighted by atomic mass is 10.1. The number of carbonyl (C=O) groups is 2. The van der Waals surface area contributed by atoms with E-state index in [0.29, 0.717) is 25.4 Å². The van der Waals surface area contributed by atoms with Crippen LogP contribution in [0.25, 0.3) is 0 Å². The van der Waals surface area contributed by atoms with Gasteiger partial charge in [0.15, 0.2) is 0 Å². The van der Waals surface area contributed by atoms with Gasteiger partial charge in [0.1, 0.15) is 6.54 Å². The maximum absolute atomic E-state index is 12.4. The van der Waals surface area contributed by atoms with E-state index in [1.807, 2.05) is 19.1 Å². The van der Waals surface area contributed by atoms with Gasteiger partial charge in [-0.3, -0.25) is 9.59 Å². The molecule has 21 heavy (non-hydrogen) atoms. The second-order valence-electron chi connectivity index (χ2n) is 5.14. The Morgan fingerprint density at radius 2 is 2.10 bits per heavy atom. The first-order valence-corrected chi connectivity index (χ1v) is 6.96. The number of ether oxygens (including phenoxy) is 1. The first-order chi connectivity index (χ1) is 10.1. The Morgan fingerprint density at radius 1 is 1.38 bits per heavy atom. The minimum Gasteiger partial charge on any atom is -0.480 e.